The van der Waals surface area contributed by atoms with Crippen LogP contribution in [0.2, 0.25) is 0 Å². The lowest BCUT2D eigenvalue weighted by Gasteiger charge is -2.21. The Kier molecular flexibility index (Phi) is 62.7. The van der Waals surface area contributed by atoms with Gasteiger partial charge in [0.2, 0.25) is 0 Å². The Labute approximate surface area is 556 Å². The van der Waals surface area contributed by atoms with Crippen molar-refractivity contribution in [2.75, 3.05) is 39.6 Å². The minimum atomic E-state index is -4.95. The molecule has 0 aromatic rings. The van der Waals surface area contributed by atoms with Crippen LogP contribution in [0.25, 0.3) is 0 Å². The molecule has 19 heteroatoms. The normalized spacial score (nSPS) is 14.1. The highest BCUT2D eigenvalue weighted by atomic mass is 31.2. The SMILES string of the molecule is CCCCCCCCCCCCCCCCCCCCC(=O)O[C@H](COC(=O)CCCCCCCCCCCCCCC(C)C)COP(=O)(O)OC[C@@H](O)COP(=O)(O)OC[C@@H](COC(=O)CCCCCCC)OC(=O)CCCCCCCCCCCCC(C)C. The second-order valence-corrected chi connectivity index (χ2v) is 29.8. The summed E-state index contributed by atoms with van der Waals surface area (Å²) >= 11 is 0. The maximum absolute atomic E-state index is 13.0. The fourth-order valence-electron chi connectivity index (χ4n) is 10.9. The molecule has 5 atom stereocenters. The molecule has 0 saturated heterocycles. The van der Waals surface area contributed by atoms with E-state index in [1.54, 1.807) is 0 Å². The summed E-state index contributed by atoms with van der Waals surface area (Å²) in [6.07, 6.45) is 50.4. The molecule has 3 N–H and O–H groups in total. The third kappa shape index (κ3) is 66.5. The van der Waals surface area contributed by atoms with Gasteiger partial charge in [-0.15, -0.1) is 0 Å². The summed E-state index contributed by atoms with van der Waals surface area (Å²) in [5.74, 6) is -0.598. The first-order chi connectivity index (χ1) is 43.9. The second kappa shape index (κ2) is 64.1. The fourth-order valence-corrected chi connectivity index (χ4v) is 12.5. The highest BCUT2D eigenvalue weighted by Crippen LogP contribution is 2.45. The largest absolute Gasteiger partial charge is 0.472 e. The predicted molar refractivity (Wildman–Crippen MR) is 368 cm³/mol. The topological polar surface area (TPSA) is 237 Å². The number of hydrogen-bond acceptors (Lipinski definition) is 15. The number of unbranched alkanes of at least 4 members (excludes halogenated alkanes) is 41. The van der Waals surface area contributed by atoms with Gasteiger partial charge in [-0.05, 0) is 37.5 Å². The molecule has 0 rings (SSSR count). The van der Waals surface area contributed by atoms with Crippen molar-refractivity contribution in [1.82, 2.24) is 0 Å². The molecule has 0 aliphatic carbocycles. The molecular weight excluding hydrogens is 1200 g/mol. The van der Waals surface area contributed by atoms with E-state index in [-0.39, 0.29) is 25.7 Å². The molecule has 0 spiro atoms. The molecule has 17 nitrogen and oxygen atoms in total. The van der Waals surface area contributed by atoms with Gasteiger partial charge in [0, 0.05) is 25.7 Å². The van der Waals surface area contributed by atoms with Crippen molar-refractivity contribution in [3.05, 3.63) is 0 Å². The Balaban J connectivity index is 5.15. The van der Waals surface area contributed by atoms with Gasteiger partial charge in [-0.1, -0.05) is 318 Å². The first-order valence-electron chi connectivity index (χ1n) is 37.5. The fraction of sp³-hybridized carbons (Fsp3) is 0.944. The number of carbonyl (C=O) groups is 4. The van der Waals surface area contributed by atoms with Crippen LogP contribution in [0.15, 0.2) is 0 Å². The number of aliphatic hydroxyl groups excluding tert-OH is 1. The number of esters is 4. The molecule has 0 radical (unpaired) electrons. The zero-order valence-electron chi connectivity index (χ0n) is 59.1. The van der Waals surface area contributed by atoms with E-state index < -0.39 is 97.5 Å². The molecule has 0 saturated carbocycles. The number of rotatable bonds is 71. The summed E-state index contributed by atoms with van der Waals surface area (Å²) in [5, 5.41) is 10.6. The van der Waals surface area contributed by atoms with Crippen LogP contribution in [0.5, 0.6) is 0 Å². The van der Waals surface area contributed by atoms with Gasteiger partial charge >= 0.3 is 39.5 Å². The molecule has 540 valence electrons. The van der Waals surface area contributed by atoms with Crippen LogP contribution in [0.4, 0.5) is 0 Å². The quantitative estimate of drug-likeness (QED) is 0.0222. The van der Waals surface area contributed by atoms with E-state index in [1.165, 1.54) is 180 Å². The highest BCUT2D eigenvalue weighted by molar-refractivity contribution is 7.47. The lowest BCUT2D eigenvalue weighted by molar-refractivity contribution is -0.161. The second-order valence-electron chi connectivity index (χ2n) is 26.9. The standard InChI is InChI=1S/C72H140O17P2/c1-7-9-11-13-14-15-16-17-18-19-20-21-22-27-33-38-44-50-56-72(77)89-68(61-83-70(75)55-49-43-37-32-26-24-23-25-30-35-41-46-52-64(3)4)63-87-91(80,81)85-59-66(73)58-84-90(78,79)86-62-67(60-82-69(74)54-48-40-12-10-8-2)88-71(76)57-51-45-39-34-29-28-31-36-42-47-53-65(5)6/h64-68,73H,7-63H2,1-6H3,(H,78,79)(H,80,81)/t66-,67+,68+/m0/s1. The number of carbonyl (C=O) groups excluding carboxylic acids is 4. The molecule has 0 heterocycles. The minimum Gasteiger partial charge on any atom is -0.462 e. The Bertz CT molecular complexity index is 1770. The van der Waals surface area contributed by atoms with Crippen LogP contribution in [0.1, 0.15) is 369 Å². The van der Waals surface area contributed by atoms with Crippen molar-refractivity contribution in [3.63, 3.8) is 0 Å². The van der Waals surface area contributed by atoms with Crippen LogP contribution in [-0.2, 0) is 65.4 Å². The Morgan fingerprint density at radius 2 is 0.505 bits per heavy atom. The Morgan fingerprint density at radius 3 is 0.747 bits per heavy atom. The average molecular weight is 1340 g/mol. The molecule has 0 aliphatic rings. The van der Waals surface area contributed by atoms with E-state index in [2.05, 4.69) is 41.5 Å². The van der Waals surface area contributed by atoms with E-state index >= 15 is 0 Å². The lowest BCUT2D eigenvalue weighted by atomic mass is 10.0. The van der Waals surface area contributed by atoms with Gasteiger partial charge in [0.15, 0.2) is 12.2 Å². The molecule has 0 aliphatic heterocycles. The van der Waals surface area contributed by atoms with Gasteiger partial charge in [0.25, 0.3) is 0 Å². The molecule has 2 unspecified atom stereocenters. The maximum atomic E-state index is 13.0. The van der Waals surface area contributed by atoms with E-state index in [4.69, 9.17) is 37.0 Å². The number of phosphoric ester groups is 2. The number of ether oxygens (including phenoxy) is 4. The zero-order chi connectivity index (χ0) is 67.2. The minimum absolute atomic E-state index is 0.105. The summed E-state index contributed by atoms with van der Waals surface area (Å²) < 4.78 is 68.2. The van der Waals surface area contributed by atoms with Gasteiger partial charge < -0.3 is 33.8 Å². The van der Waals surface area contributed by atoms with Crippen LogP contribution in [-0.4, -0.2) is 96.7 Å². The summed E-state index contributed by atoms with van der Waals surface area (Å²) in [5.41, 5.74) is 0. The average Bonchev–Trinajstić information content (AvgIpc) is 3.59. The van der Waals surface area contributed by atoms with Crippen molar-refractivity contribution < 1.29 is 80.2 Å². The highest BCUT2D eigenvalue weighted by Gasteiger charge is 2.30. The van der Waals surface area contributed by atoms with Crippen molar-refractivity contribution in [2.45, 2.75) is 387 Å². The number of phosphoric acid groups is 2. The van der Waals surface area contributed by atoms with Crippen molar-refractivity contribution >= 4 is 39.5 Å². The van der Waals surface area contributed by atoms with Crippen molar-refractivity contribution in [1.29, 1.82) is 0 Å². The molecule has 0 amide bonds. The molecule has 0 fully saturated rings. The summed E-state index contributed by atoms with van der Waals surface area (Å²) in [7, 11) is -9.89. The molecular formula is C72H140O17P2. The smallest absolute Gasteiger partial charge is 0.462 e. The summed E-state index contributed by atoms with van der Waals surface area (Å²) in [6.45, 7) is 9.48. The zero-order valence-corrected chi connectivity index (χ0v) is 60.9. The first-order valence-corrected chi connectivity index (χ1v) is 40.5. The van der Waals surface area contributed by atoms with Crippen LogP contribution in [0.3, 0.4) is 0 Å². The predicted octanol–water partition coefficient (Wildman–Crippen LogP) is 20.8. The van der Waals surface area contributed by atoms with Crippen LogP contribution < -0.4 is 0 Å². The van der Waals surface area contributed by atoms with E-state index in [1.807, 2.05) is 0 Å². The molecule has 91 heavy (non-hydrogen) atoms. The Morgan fingerprint density at radius 1 is 0.297 bits per heavy atom. The van der Waals surface area contributed by atoms with E-state index in [9.17, 15) is 43.2 Å². The maximum Gasteiger partial charge on any atom is 0.472 e. The van der Waals surface area contributed by atoms with Gasteiger partial charge in [-0.25, -0.2) is 9.13 Å². The summed E-state index contributed by atoms with van der Waals surface area (Å²) in [6, 6.07) is 0. The number of hydrogen-bond donors (Lipinski definition) is 3. The first kappa shape index (κ1) is 89.1. The van der Waals surface area contributed by atoms with E-state index in [0.717, 1.165) is 108 Å². The van der Waals surface area contributed by atoms with E-state index in [0.29, 0.717) is 25.7 Å². The molecule has 0 aromatic carbocycles. The van der Waals surface area contributed by atoms with Gasteiger partial charge in [-0.3, -0.25) is 37.3 Å². The van der Waals surface area contributed by atoms with Gasteiger partial charge in [0.1, 0.15) is 19.3 Å². The van der Waals surface area contributed by atoms with Crippen LogP contribution in [0, 0.1) is 11.8 Å². The molecule has 0 aromatic heterocycles. The van der Waals surface area contributed by atoms with Gasteiger partial charge in [-0.2, -0.15) is 0 Å². The molecule has 0 bridgehead atoms. The monoisotopic (exact) mass is 1340 g/mol. The van der Waals surface area contributed by atoms with Crippen molar-refractivity contribution in [2.24, 2.45) is 11.8 Å². The lowest BCUT2D eigenvalue weighted by Crippen LogP contribution is -2.30. The van der Waals surface area contributed by atoms with Crippen LogP contribution >= 0.6 is 15.6 Å². The Hall–Kier alpha value is -1.94. The third-order valence-electron chi connectivity index (χ3n) is 16.7. The third-order valence-corrected chi connectivity index (χ3v) is 18.6. The summed E-state index contributed by atoms with van der Waals surface area (Å²) in [4.78, 5) is 72.4. The van der Waals surface area contributed by atoms with Gasteiger partial charge in [0.05, 0.1) is 26.4 Å². The van der Waals surface area contributed by atoms with Crippen molar-refractivity contribution in [3.8, 4) is 0 Å². The number of aliphatic hydroxyl groups is 1.